The summed E-state index contributed by atoms with van der Waals surface area (Å²) >= 11 is 0. The van der Waals surface area contributed by atoms with Crippen LogP contribution >= 0.6 is 0 Å². The van der Waals surface area contributed by atoms with Gasteiger partial charge in [0.25, 0.3) is 11.5 Å². The Balaban J connectivity index is -0.000000193. The minimum absolute atomic E-state index is 0.0625. The number of carbonyl (C=O) groups excluding carboxylic acids is 1. The van der Waals surface area contributed by atoms with Crippen molar-refractivity contribution in [3.8, 4) is 6.07 Å². The summed E-state index contributed by atoms with van der Waals surface area (Å²) in [5.41, 5.74) is -3.66. The third-order valence-electron chi connectivity index (χ3n) is 19.1. The molecule has 1 N–H and O–H groups in total. The quantitative estimate of drug-likeness (QED) is 0.186. The Hall–Kier alpha value is -2.50. The van der Waals surface area contributed by atoms with E-state index in [-0.39, 0.29) is 29.3 Å². The monoisotopic (exact) mass is 1530 g/mol. The maximum Gasteiger partial charge on any atom is 0.426 e. The number of ether oxygens (including phenoxy) is 2. The maximum absolute atomic E-state index is 12.2. The van der Waals surface area contributed by atoms with Gasteiger partial charge >= 0.3 is 18.3 Å². The Morgan fingerprint density at radius 2 is 0.745 bits per heavy atom. The van der Waals surface area contributed by atoms with Gasteiger partial charge in [-0.2, -0.15) is 40.4 Å². The summed E-state index contributed by atoms with van der Waals surface area (Å²) in [5, 5.41) is 18.3. The zero-order valence-corrected chi connectivity index (χ0v) is 66.7. The molecule has 0 spiro atoms. The number of hydrogen-bond acceptors (Lipinski definition) is 5. The lowest BCUT2D eigenvalue weighted by Crippen LogP contribution is -2.57. The predicted molar refractivity (Wildman–Crippen MR) is 369 cm³/mol. The number of methoxy groups -OCH3 is 2. The number of aliphatic hydroxyl groups is 1. The summed E-state index contributed by atoms with van der Waals surface area (Å²) in [6, 6.07) is 2.43. The zero-order valence-electron chi connectivity index (χ0n) is 66.7. The summed E-state index contributed by atoms with van der Waals surface area (Å²) in [6.07, 6.45) is 19.1. The molecule has 0 aromatic carbocycles. The molecule has 0 radical (unpaired) electrons. The third-order valence-corrected chi connectivity index (χ3v) is 19.1. The summed E-state index contributed by atoms with van der Waals surface area (Å²) in [6.45, 7) is 31.7. The van der Waals surface area contributed by atoms with E-state index in [2.05, 4.69) is 57.1 Å². The standard InChI is InChI=1S/C9H18.C8H13N.C8H16.C7H14O.C6H8F6O.C6H10F2.C6H12F2.C5H8F2.C5H10F2.C4H8F2O.C4H6F2O.C4H8F2.C3H6F2/c1-3-9(2)7-5-4-6-8-9;1-2-8(7-9)5-3-4-6-8;1-3-8(2)6-4-5-7-8;1-2-7(8)5-3-4-6-7;1-3-4(13-2,5(7,8)9)6(10,11)12;1-6(7,8)5-3-2-4-5;1-5(2,3)6(4,7)8;1-5(6,7)4-2-3-4;1-4(2)5(3,6)7;1-4(5,6)3-7-2;1-3(7)4(2,5)6;1-3-4(2,5)6;1-3(2,4)5/h3-8H2,1-2H3;2-6H2,1H3;3-7H2,1-2H3;8H,2-6H2,1H3;3H2,1-2H3;5H,2-4H2,1H3;1-4H3;4H,2-3H2,1H3;4H,1-3H3;3H2,1-2H3;1-2H3;3H2,1-2H3;1-2H3. The van der Waals surface area contributed by atoms with Crippen molar-refractivity contribution < 1.29 is 116 Å². The van der Waals surface area contributed by atoms with Crippen LogP contribution in [0.15, 0.2) is 0 Å². The minimum Gasteiger partial charge on any atom is -0.390 e. The van der Waals surface area contributed by atoms with E-state index in [1.807, 2.05) is 0 Å². The summed E-state index contributed by atoms with van der Waals surface area (Å²) in [5.74, 6) is -22.8. The van der Waals surface area contributed by atoms with E-state index in [1.165, 1.54) is 145 Å². The first kappa shape index (κ1) is 113. The van der Waals surface area contributed by atoms with E-state index in [9.17, 15) is 106 Å². The molecule has 620 valence electrons. The normalized spacial score (nSPS) is 18.6. The van der Waals surface area contributed by atoms with Crippen LogP contribution in [0, 0.1) is 50.7 Å². The highest BCUT2D eigenvalue weighted by atomic mass is 19.4. The van der Waals surface area contributed by atoms with Gasteiger partial charge in [-0.25, -0.2) is 61.5 Å². The number of rotatable bonds is 13. The Morgan fingerprint density at radius 3 is 0.824 bits per heavy atom. The molecule has 0 aliphatic heterocycles. The molecule has 0 aromatic rings. The summed E-state index contributed by atoms with van der Waals surface area (Å²) in [7, 11) is 1.64. The topological polar surface area (TPSA) is 79.6 Å². The van der Waals surface area contributed by atoms with Gasteiger partial charge in [0, 0.05) is 64.6 Å². The highest BCUT2D eigenvalue weighted by Gasteiger charge is 2.70. The smallest absolute Gasteiger partial charge is 0.390 e. The Labute approximate surface area is 601 Å². The van der Waals surface area contributed by atoms with E-state index in [1.54, 1.807) is 0 Å². The molecule has 5 nitrogen and oxygen atoms in total. The second kappa shape index (κ2) is 49.5. The van der Waals surface area contributed by atoms with Crippen molar-refractivity contribution in [3.63, 3.8) is 0 Å². The molecule has 0 heterocycles. The van der Waals surface area contributed by atoms with Gasteiger partial charge in [-0.15, -0.1) is 0 Å². The van der Waals surface area contributed by atoms with E-state index in [0.29, 0.717) is 14.0 Å². The van der Waals surface area contributed by atoms with Crippen molar-refractivity contribution >= 4 is 5.78 Å². The van der Waals surface area contributed by atoms with Crippen LogP contribution in [0.4, 0.5) is 96.6 Å². The number of ketones is 1. The first-order valence-corrected chi connectivity index (χ1v) is 36.1. The number of alkyl halides is 22. The molecule has 0 bridgehead atoms. The molecular weight excluding hydrogens is 1400 g/mol. The number of Topliss-reactive ketones (excluding diaryl/α,β-unsaturated/α-hetero) is 1. The number of carbonyl (C=O) groups is 1. The van der Waals surface area contributed by atoms with Crippen LogP contribution < -0.4 is 0 Å². The van der Waals surface area contributed by atoms with Gasteiger partial charge in [-0.1, -0.05) is 167 Å². The van der Waals surface area contributed by atoms with Gasteiger partial charge in [0.2, 0.25) is 35.5 Å². The van der Waals surface area contributed by atoms with Gasteiger partial charge in [0.05, 0.1) is 17.1 Å². The fraction of sp³-hybridized carbons (Fsp3) is 0.973. The van der Waals surface area contributed by atoms with Crippen LogP contribution in [-0.2, 0) is 14.3 Å². The third kappa shape index (κ3) is 60.5. The first-order valence-electron chi connectivity index (χ1n) is 36.1. The lowest BCUT2D eigenvalue weighted by Gasteiger charge is -2.34. The van der Waals surface area contributed by atoms with E-state index in [0.717, 1.165) is 151 Å². The molecule has 6 aliphatic carbocycles. The van der Waals surface area contributed by atoms with Crippen molar-refractivity contribution in [3.05, 3.63) is 0 Å². The number of hydrogen-bond donors (Lipinski definition) is 1. The molecule has 0 unspecified atom stereocenters. The predicted octanol–water partition coefficient (Wildman–Crippen LogP) is 29.1. The largest absolute Gasteiger partial charge is 0.426 e. The van der Waals surface area contributed by atoms with E-state index < -0.39 is 95.5 Å². The molecule has 6 fully saturated rings. The van der Waals surface area contributed by atoms with E-state index in [4.69, 9.17) is 5.26 Å². The Kier molecular flexibility index (Phi) is 54.8. The fourth-order valence-corrected chi connectivity index (χ4v) is 9.02. The molecular formula is C75H137F22NO4. The first-order chi connectivity index (χ1) is 45.2. The van der Waals surface area contributed by atoms with Crippen molar-refractivity contribution in [1.82, 2.24) is 0 Å². The van der Waals surface area contributed by atoms with Crippen molar-refractivity contribution in [2.45, 2.75) is 410 Å². The maximum atomic E-state index is 12.2. The van der Waals surface area contributed by atoms with Gasteiger partial charge in [0.1, 0.15) is 6.61 Å². The molecule has 102 heavy (non-hydrogen) atoms. The van der Waals surface area contributed by atoms with Crippen molar-refractivity contribution in [2.24, 2.45) is 39.4 Å². The lowest BCUT2D eigenvalue weighted by molar-refractivity contribution is -0.375. The zero-order chi connectivity index (χ0) is 82.9. The molecule has 6 saturated carbocycles. The average Bonchev–Trinajstić information content (AvgIpc) is 1.05. The second-order valence-electron chi connectivity index (χ2n) is 31.0. The van der Waals surface area contributed by atoms with E-state index >= 15 is 0 Å². The summed E-state index contributed by atoms with van der Waals surface area (Å²) in [4.78, 5) is 9.72. The highest BCUT2D eigenvalue weighted by molar-refractivity contribution is 5.82. The van der Waals surface area contributed by atoms with Gasteiger partial charge in [-0.05, 0) is 156 Å². The number of nitriles is 1. The number of nitrogens with zero attached hydrogens (tertiary/aromatic N) is 1. The van der Waals surface area contributed by atoms with Gasteiger partial charge in [0.15, 0.2) is 5.78 Å². The van der Waals surface area contributed by atoms with Gasteiger partial charge in [-0.3, -0.25) is 4.79 Å². The second-order valence-corrected chi connectivity index (χ2v) is 31.0. The molecule has 27 heteroatoms. The van der Waals surface area contributed by atoms with Crippen LogP contribution in [-0.4, -0.2) is 103 Å². The van der Waals surface area contributed by atoms with Crippen LogP contribution in [0.1, 0.15) is 339 Å². The lowest BCUT2D eigenvalue weighted by atomic mass is 9.74. The van der Waals surface area contributed by atoms with Crippen LogP contribution in [0.3, 0.4) is 0 Å². The van der Waals surface area contributed by atoms with Crippen LogP contribution in [0.25, 0.3) is 0 Å². The fourth-order valence-electron chi connectivity index (χ4n) is 9.02. The molecule has 0 saturated heterocycles. The minimum atomic E-state index is -5.45. The van der Waals surface area contributed by atoms with Crippen molar-refractivity contribution in [1.29, 1.82) is 5.26 Å². The molecule has 6 aliphatic rings. The average molecular weight is 1530 g/mol. The Bertz CT molecular complexity index is 2010. The summed E-state index contributed by atoms with van der Waals surface area (Å²) < 4.78 is 267. The number of halogens is 22. The van der Waals surface area contributed by atoms with Gasteiger partial charge < -0.3 is 14.6 Å². The SMILES string of the molecule is CC(=O)C(C)(F)F.CC(C)(C)C(C)(F)F.CC(C)(F)F.CC(C)C(C)(F)F.CC(F)(F)C1CC1.CC(F)(F)C1CCC1.CCC(C)(F)F.CCC(OC)(C(F)(F)F)C(F)(F)F.CCC1(C#N)CCCC1.CCC1(C)CCCC1.CCC1(C)CCCCC1.CCC1(O)CCCC1.COCC(C)(F)F. The van der Waals surface area contributed by atoms with Crippen LogP contribution in [0.2, 0.25) is 0 Å². The highest BCUT2D eigenvalue weighted by Crippen LogP contribution is 2.48. The molecule has 6 rings (SSSR count). The Morgan fingerprint density at radius 1 is 0.471 bits per heavy atom. The molecule has 0 amide bonds. The molecule has 0 aromatic heterocycles. The van der Waals surface area contributed by atoms with Crippen molar-refractivity contribution in [2.75, 3.05) is 20.8 Å². The molecule has 0 atom stereocenters. The van der Waals surface area contributed by atoms with Crippen LogP contribution in [0.5, 0.6) is 0 Å².